The zero-order chi connectivity index (χ0) is 17.3. The molecule has 1 aromatic carbocycles. The van der Waals surface area contributed by atoms with Crippen LogP contribution in [0.5, 0.6) is 0 Å². The Bertz CT molecular complexity index is 980. The van der Waals surface area contributed by atoms with Crippen LogP contribution in [-0.4, -0.2) is 15.6 Å². The van der Waals surface area contributed by atoms with Gasteiger partial charge in [-0.2, -0.15) is 0 Å². The van der Waals surface area contributed by atoms with E-state index in [0.717, 1.165) is 17.1 Å². The van der Waals surface area contributed by atoms with Crippen molar-refractivity contribution in [3.05, 3.63) is 55.3 Å². The first-order valence-electron chi connectivity index (χ1n) is 7.20. The molecule has 0 radical (unpaired) electrons. The van der Waals surface area contributed by atoms with Gasteiger partial charge in [-0.25, -0.2) is 9.59 Å². The van der Waals surface area contributed by atoms with Gasteiger partial charge in [0.15, 0.2) is 4.88 Å². The van der Waals surface area contributed by atoms with E-state index in [1.165, 1.54) is 6.07 Å². The van der Waals surface area contributed by atoms with Gasteiger partial charge in [-0.3, -0.25) is 0 Å². The lowest BCUT2D eigenvalue weighted by Gasteiger charge is -2.08. The molecule has 0 aliphatic rings. The average molecular weight is 365 g/mol. The number of esters is 1. The summed E-state index contributed by atoms with van der Waals surface area (Å²) in [7, 11) is 0. The summed E-state index contributed by atoms with van der Waals surface area (Å²) in [4.78, 5) is 24.3. The number of halogens is 1. The van der Waals surface area contributed by atoms with Crippen molar-refractivity contribution in [1.82, 2.24) is 9.59 Å². The molecular weight excluding hydrogens is 352 g/mol. The van der Waals surface area contributed by atoms with Crippen LogP contribution in [-0.2, 0) is 17.8 Å². The van der Waals surface area contributed by atoms with Crippen molar-refractivity contribution in [2.45, 2.75) is 26.9 Å². The van der Waals surface area contributed by atoms with Gasteiger partial charge < -0.3 is 9.15 Å². The molecule has 24 heavy (non-hydrogen) atoms. The summed E-state index contributed by atoms with van der Waals surface area (Å²) >= 11 is 7.13. The monoisotopic (exact) mass is 364 g/mol. The number of aryl methyl sites for hydroxylation is 2. The van der Waals surface area contributed by atoms with Crippen molar-refractivity contribution in [3.8, 4) is 0 Å². The molecule has 0 saturated carbocycles. The maximum absolute atomic E-state index is 12.2. The standard InChI is InChI=1S/C16H13ClN2O4S/c1-3-12-15(24-19-18-12)16(21)22-7-9-5-14(20)23-13-4-8(2)11(17)6-10(9)13/h4-6H,3,7H2,1-2H3. The fourth-order valence-electron chi connectivity index (χ4n) is 2.27. The third kappa shape index (κ3) is 3.18. The number of hydrogen-bond donors (Lipinski definition) is 0. The van der Waals surface area contributed by atoms with Crippen LogP contribution in [0.2, 0.25) is 5.02 Å². The molecule has 124 valence electrons. The van der Waals surface area contributed by atoms with E-state index in [9.17, 15) is 9.59 Å². The number of aromatic nitrogens is 2. The molecule has 0 saturated heterocycles. The topological polar surface area (TPSA) is 82.3 Å². The number of nitrogens with zero attached hydrogens (tertiary/aromatic N) is 2. The zero-order valence-electron chi connectivity index (χ0n) is 13.0. The molecule has 0 atom stereocenters. The first-order chi connectivity index (χ1) is 11.5. The Hall–Kier alpha value is -2.25. The van der Waals surface area contributed by atoms with Crippen molar-refractivity contribution >= 4 is 40.1 Å². The molecule has 0 unspecified atom stereocenters. The summed E-state index contributed by atoms with van der Waals surface area (Å²) in [6.45, 7) is 3.63. The number of hydrogen-bond acceptors (Lipinski definition) is 7. The molecule has 3 aromatic rings. The van der Waals surface area contributed by atoms with Gasteiger partial charge in [0, 0.05) is 22.0 Å². The molecule has 0 amide bonds. The van der Waals surface area contributed by atoms with Crippen molar-refractivity contribution in [3.63, 3.8) is 0 Å². The van der Waals surface area contributed by atoms with Gasteiger partial charge in [0.2, 0.25) is 0 Å². The second kappa shape index (κ2) is 6.70. The molecule has 0 aliphatic carbocycles. The van der Waals surface area contributed by atoms with Crippen LogP contribution in [0.25, 0.3) is 11.0 Å². The first-order valence-corrected chi connectivity index (χ1v) is 8.36. The lowest BCUT2D eigenvalue weighted by molar-refractivity contribution is 0.0478. The lowest BCUT2D eigenvalue weighted by atomic mass is 10.1. The maximum Gasteiger partial charge on any atom is 0.352 e. The van der Waals surface area contributed by atoms with E-state index in [0.29, 0.717) is 38.5 Å². The van der Waals surface area contributed by atoms with Gasteiger partial charge in [0.05, 0.1) is 5.69 Å². The largest absolute Gasteiger partial charge is 0.457 e. The molecule has 0 spiro atoms. The summed E-state index contributed by atoms with van der Waals surface area (Å²) in [6, 6.07) is 4.68. The van der Waals surface area contributed by atoms with Crippen molar-refractivity contribution < 1.29 is 13.9 Å². The van der Waals surface area contributed by atoms with Crippen LogP contribution < -0.4 is 5.63 Å². The minimum Gasteiger partial charge on any atom is -0.457 e. The highest BCUT2D eigenvalue weighted by Gasteiger charge is 2.17. The Balaban J connectivity index is 1.91. The van der Waals surface area contributed by atoms with Crippen LogP contribution >= 0.6 is 23.1 Å². The van der Waals surface area contributed by atoms with E-state index in [2.05, 4.69) is 9.59 Å². The highest BCUT2D eigenvalue weighted by molar-refractivity contribution is 7.07. The minimum atomic E-state index is -0.513. The van der Waals surface area contributed by atoms with E-state index in [-0.39, 0.29) is 6.61 Å². The Morgan fingerprint density at radius 2 is 2.17 bits per heavy atom. The van der Waals surface area contributed by atoms with Crippen LogP contribution in [0.3, 0.4) is 0 Å². The van der Waals surface area contributed by atoms with Crippen molar-refractivity contribution in [1.29, 1.82) is 0 Å². The first kappa shape index (κ1) is 16.6. The van der Waals surface area contributed by atoms with Gasteiger partial charge >= 0.3 is 11.6 Å². The van der Waals surface area contributed by atoms with E-state index in [1.807, 2.05) is 13.8 Å². The van der Waals surface area contributed by atoms with E-state index in [4.69, 9.17) is 20.8 Å². The smallest absolute Gasteiger partial charge is 0.352 e. The summed E-state index contributed by atoms with van der Waals surface area (Å²) in [5, 5.41) is 5.06. The molecule has 6 nitrogen and oxygen atoms in total. The molecule has 2 aromatic heterocycles. The molecule has 3 rings (SSSR count). The number of rotatable bonds is 4. The quantitative estimate of drug-likeness (QED) is 0.520. The molecule has 0 bridgehead atoms. The van der Waals surface area contributed by atoms with Gasteiger partial charge in [0.25, 0.3) is 0 Å². The summed E-state index contributed by atoms with van der Waals surface area (Å²) in [5.74, 6) is -0.513. The van der Waals surface area contributed by atoms with Gasteiger partial charge in [-0.05, 0) is 42.6 Å². The molecule has 0 fully saturated rings. The third-order valence-corrected chi connectivity index (χ3v) is 4.70. The number of ether oxygens (including phenoxy) is 1. The summed E-state index contributed by atoms with van der Waals surface area (Å²) in [5.41, 5.74) is 1.83. The second-order valence-corrected chi connectivity index (χ2v) is 6.33. The Morgan fingerprint density at radius 1 is 1.38 bits per heavy atom. The Morgan fingerprint density at radius 3 is 2.92 bits per heavy atom. The molecular formula is C16H13ClN2O4S. The maximum atomic E-state index is 12.2. The zero-order valence-corrected chi connectivity index (χ0v) is 14.5. The van der Waals surface area contributed by atoms with E-state index in [1.54, 1.807) is 12.1 Å². The number of carbonyl (C=O) groups excluding carboxylic acids is 1. The second-order valence-electron chi connectivity index (χ2n) is 5.17. The van der Waals surface area contributed by atoms with Gasteiger partial charge in [0.1, 0.15) is 12.2 Å². The third-order valence-electron chi connectivity index (χ3n) is 3.54. The van der Waals surface area contributed by atoms with E-state index < -0.39 is 11.6 Å². The molecule has 2 heterocycles. The number of benzene rings is 1. The normalized spacial score (nSPS) is 11.0. The van der Waals surface area contributed by atoms with Crippen LogP contribution in [0.1, 0.15) is 33.4 Å². The fraction of sp³-hybridized carbons (Fsp3) is 0.250. The van der Waals surface area contributed by atoms with E-state index >= 15 is 0 Å². The lowest BCUT2D eigenvalue weighted by Crippen LogP contribution is -2.08. The molecule has 0 aliphatic heterocycles. The summed E-state index contributed by atoms with van der Waals surface area (Å²) < 4.78 is 14.3. The van der Waals surface area contributed by atoms with Gasteiger partial charge in [-0.15, -0.1) is 5.10 Å². The average Bonchev–Trinajstić information content (AvgIpc) is 3.02. The fourth-order valence-corrected chi connectivity index (χ4v) is 3.08. The summed E-state index contributed by atoms with van der Waals surface area (Å²) in [6.07, 6.45) is 0.591. The predicted octanol–water partition coefficient (Wildman–Crippen LogP) is 3.53. The van der Waals surface area contributed by atoms with Crippen molar-refractivity contribution in [2.24, 2.45) is 0 Å². The number of carbonyl (C=O) groups is 1. The van der Waals surface area contributed by atoms with Crippen LogP contribution in [0, 0.1) is 6.92 Å². The predicted molar refractivity (Wildman–Crippen MR) is 90.6 cm³/mol. The van der Waals surface area contributed by atoms with Crippen molar-refractivity contribution in [2.75, 3.05) is 0 Å². The highest BCUT2D eigenvalue weighted by atomic mass is 35.5. The van der Waals surface area contributed by atoms with Gasteiger partial charge in [-0.1, -0.05) is 23.0 Å². The Labute approximate surface area is 146 Å². The minimum absolute atomic E-state index is 0.0681. The number of fused-ring (bicyclic) bond motifs is 1. The SMILES string of the molecule is CCc1nnsc1C(=O)OCc1cc(=O)oc2cc(C)c(Cl)cc12. The van der Waals surface area contributed by atoms with Crippen LogP contribution in [0.4, 0.5) is 0 Å². The Kier molecular flexibility index (Phi) is 4.64. The molecule has 8 heteroatoms. The molecule has 0 N–H and O–H groups in total. The highest BCUT2D eigenvalue weighted by Crippen LogP contribution is 2.26. The van der Waals surface area contributed by atoms with Crippen LogP contribution in [0.15, 0.2) is 27.4 Å².